The number of aliphatic hydroxyl groups is 1. The fourth-order valence-corrected chi connectivity index (χ4v) is 3.38. The minimum atomic E-state index is -0.601. The third-order valence-corrected chi connectivity index (χ3v) is 4.73. The van der Waals surface area contributed by atoms with Crippen LogP contribution in [0.5, 0.6) is 0 Å². The molecule has 0 aromatic rings. The van der Waals surface area contributed by atoms with E-state index in [4.69, 9.17) is 18.0 Å². The lowest BCUT2D eigenvalue weighted by atomic mass is 9.72. The second-order valence-corrected chi connectivity index (χ2v) is 5.97. The highest BCUT2D eigenvalue weighted by molar-refractivity contribution is 7.80. The average Bonchev–Trinajstić information content (AvgIpc) is 2.39. The fourth-order valence-electron chi connectivity index (χ4n) is 3.09. The Morgan fingerprint density at radius 3 is 2.28 bits per heavy atom. The predicted octanol–water partition coefficient (Wildman–Crippen LogP) is 1.21. The molecule has 1 amide bonds. The number of nitrogens with two attached hydrogens (primary N) is 1. The van der Waals surface area contributed by atoms with Gasteiger partial charge in [0.1, 0.15) is 0 Å². The van der Waals surface area contributed by atoms with Gasteiger partial charge in [-0.15, -0.1) is 0 Å². The van der Waals surface area contributed by atoms with Crippen LogP contribution in [-0.4, -0.2) is 40.1 Å². The zero-order valence-electron chi connectivity index (χ0n) is 10.7. The van der Waals surface area contributed by atoms with E-state index in [2.05, 4.69) is 0 Å². The number of piperidine rings is 1. The van der Waals surface area contributed by atoms with E-state index in [1.165, 1.54) is 0 Å². The number of likely N-dealkylation sites (tertiary alicyclic amines) is 1. The summed E-state index contributed by atoms with van der Waals surface area (Å²) in [6.45, 7) is 1.26. The maximum absolute atomic E-state index is 12.7. The maximum atomic E-state index is 12.7. The number of hydrogen-bond donors (Lipinski definition) is 2. The Hall–Kier alpha value is -0.680. The van der Waals surface area contributed by atoms with Gasteiger partial charge in [0.05, 0.1) is 16.5 Å². The van der Waals surface area contributed by atoms with E-state index in [9.17, 15) is 9.90 Å². The number of aliphatic hydroxyl groups excluding tert-OH is 1. The minimum absolute atomic E-state index is 0.0987. The molecule has 18 heavy (non-hydrogen) atoms. The van der Waals surface area contributed by atoms with Crippen molar-refractivity contribution in [2.45, 2.75) is 51.0 Å². The third kappa shape index (κ3) is 2.52. The van der Waals surface area contributed by atoms with E-state index in [0.717, 1.165) is 32.1 Å². The fraction of sp³-hybridized carbons (Fsp3) is 0.846. The first kappa shape index (κ1) is 13.7. The van der Waals surface area contributed by atoms with Crippen molar-refractivity contribution < 1.29 is 9.90 Å². The van der Waals surface area contributed by atoms with Crippen molar-refractivity contribution >= 4 is 23.1 Å². The molecule has 102 valence electrons. The molecule has 1 saturated heterocycles. The molecular formula is C13H22N2O2S. The first-order valence-electron chi connectivity index (χ1n) is 6.83. The van der Waals surface area contributed by atoms with Gasteiger partial charge in [-0.25, -0.2) is 0 Å². The van der Waals surface area contributed by atoms with E-state index in [0.29, 0.717) is 30.9 Å². The Labute approximate surface area is 114 Å². The Morgan fingerprint density at radius 2 is 1.78 bits per heavy atom. The summed E-state index contributed by atoms with van der Waals surface area (Å²) in [6.07, 6.45) is 5.87. The summed E-state index contributed by atoms with van der Waals surface area (Å²) in [7, 11) is 0. The van der Waals surface area contributed by atoms with Crippen molar-refractivity contribution in [2.24, 2.45) is 11.1 Å². The Bertz CT molecular complexity index is 332. The van der Waals surface area contributed by atoms with Gasteiger partial charge in [-0.05, 0) is 25.7 Å². The second-order valence-electron chi connectivity index (χ2n) is 5.53. The lowest BCUT2D eigenvalue weighted by molar-refractivity contribution is -0.141. The van der Waals surface area contributed by atoms with Gasteiger partial charge in [-0.1, -0.05) is 31.5 Å². The van der Waals surface area contributed by atoms with Crippen molar-refractivity contribution in [3.05, 3.63) is 0 Å². The van der Waals surface area contributed by atoms with Gasteiger partial charge in [-0.3, -0.25) is 4.79 Å². The summed E-state index contributed by atoms with van der Waals surface area (Å²) in [4.78, 5) is 14.9. The molecule has 0 atom stereocenters. The Balaban J connectivity index is 2.11. The largest absolute Gasteiger partial charge is 0.393 e. The summed E-state index contributed by atoms with van der Waals surface area (Å²) in [5, 5.41) is 9.50. The maximum Gasteiger partial charge on any atom is 0.235 e. The molecule has 2 aliphatic rings. The van der Waals surface area contributed by atoms with Crippen molar-refractivity contribution in [1.82, 2.24) is 4.90 Å². The van der Waals surface area contributed by atoms with Crippen molar-refractivity contribution in [1.29, 1.82) is 0 Å². The van der Waals surface area contributed by atoms with Crippen LogP contribution in [0.4, 0.5) is 0 Å². The molecule has 2 rings (SSSR count). The van der Waals surface area contributed by atoms with Gasteiger partial charge in [0.15, 0.2) is 0 Å². The van der Waals surface area contributed by atoms with Crippen LogP contribution in [0, 0.1) is 5.41 Å². The number of carbonyl (C=O) groups is 1. The average molecular weight is 270 g/mol. The summed E-state index contributed by atoms with van der Waals surface area (Å²) in [6, 6.07) is 0. The van der Waals surface area contributed by atoms with Crippen LogP contribution < -0.4 is 5.73 Å². The van der Waals surface area contributed by atoms with Gasteiger partial charge >= 0.3 is 0 Å². The molecule has 0 aromatic heterocycles. The lowest BCUT2D eigenvalue weighted by Gasteiger charge is -2.41. The number of carbonyl (C=O) groups excluding carboxylic acids is 1. The number of rotatable bonds is 2. The van der Waals surface area contributed by atoms with Gasteiger partial charge in [0.2, 0.25) is 5.91 Å². The highest BCUT2D eigenvalue weighted by Gasteiger charge is 2.45. The van der Waals surface area contributed by atoms with Crippen LogP contribution in [-0.2, 0) is 4.79 Å². The topological polar surface area (TPSA) is 66.6 Å². The predicted molar refractivity (Wildman–Crippen MR) is 74.1 cm³/mol. The summed E-state index contributed by atoms with van der Waals surface area (Å²) >= 11 is 5.18. The molecule has 1 aliphatic carbocycles. The molecular weight excluding hydrogens is 248 g/mol. The highest BCUT2D eigenvalue weighted by atomic mass is 32.1. The lowest BCUT2D eigenvalue weighted by Crippen LogP contribution is -2.53. The van der Waals surface area contributed by atoms with E-state index >= 15 is 0 Å². The molecule has 0 unspecified atom stereocenters. The van der Waals surface area contributed by atoms with E-state index in [1.54, 1.807) is 0 Å². The Kier molecular flexibility index (Phi) is 4.22. The van der Waals surface area contributed by atoms with E-state index in [-0.39, 0.29) is 12.0 Å². The van der Waals surface area contributed by atoms with Crippen LogP contribution in [0.2, 0.25) is 0 Å². The molecule has 4 nitrogen and oxygen atoms in total. The molecule has 3 N–H and O–H groups in total. The first-order chi connectivity index (χ1) is 8.56. The summed E-state index contributed by atoms with van der Waals surface area (Å²) in [5.74, 6) is 0.0987. The van der Waals surface area contributed by atoms with E-state index < -0.39 is 5.41 Å². The second kappa shape index (κ2) is 5.53. The molecule has 0 aromatic carbocycles. The number of thiocarbonyl (C=S) groups is 1. The molecule has 0 bridgehead atoms. The van der Waals surface area contributed by atoms with Crippen molar-refractivity contribution in [3.63, 3.8) is 0 Å². The first-order valence-corrected chi connectivity index (χ1v) is 7.24. The summed E-state index contributed by atoms with van der Waals surface area (Å²) < 4.78 is 0. The number of hydrogen-bond acceptors (Lipinski definition) is 3. The van der Waals surface area contributed by atoms with Gasteiger partial charge in [0.25, 0.3) is 0 Å². The van der Waals surface area contributed by atoms with Crippen LogP contribution in [0.3, 0.4) is 0 Å². The van der Waals surface area contributed by atoms with Crippen LogP contribution in [0.1, 0.15) is 44.9 Å². The summed E-state index contributed by atoms with van der Waals surface area (Å²) in [5.41, 5.74) is 5.27. The van der Waals surface area contributed by atoms with Gasteiger partial charge in [-0.2, -0.15) is 0 Å². The molecule has 1 heterocycles. The van der Waals surface area contributed by atoms with Crippen molar-refractivity contribution in [2.75, 3.05) is 13.1 Å². The highest BCUT2D eigenvalue weighted by Crippen LogP contribution is 2.39. The smallest absolute Gasteiger partial charge is 0.235 e. The third-order valence-electron chi connectivity index (χ3n) is 4.34. The van der Waals surface area contributed by atoms with Crippen LogP contribution in [0.15, 0.2) is 0 Å². The molecule has 5 heteroatoms. The quantitative estimate of drug-likeness (QED) is 0.740. The van der Waals surface area contributed by atoms with Crippen LogP contribution >= 0.6 is 12.2 Å². The normalized spacial score (nSPS) is 24.8. The van der Waals surface area contributed by atoms with Gasteiger partial charge in [0, 0.05) is 13.1 Å². The zero-order valence-corrected chi connectivity index (χ0v) is 11.5. The zero-order chi connectivity index (χ0) is 13.2. The molecule has 1 aliphatic heterocycles. The standard InChI is InChI=1S/C13H22N2O2S/c14-11(18)13(6-2-1-3-7-13)12(17)15-8-4-10(16)5-9-15/h10,16H,1-9H2,(H2,14,18). The van der Waals surface area contributed by atoms with Crippen LogP contribution in [0.25, 0.3) is 0 Å². The Morgan fingerprint density at radius 1 is 1.22 bits per heavy atom. The van der Waals surface area contributed by atoms with Crippen molar-refractivity contribution in [3.8, 4) is 0 Å². The molecule has 2 fully saturated rings. The van der Waals surface area contributed by atoms with Gasteiger partial charge < -0.3 is 15.7 Å². The molecule has 0 radical (unpaired) electrons. The number of nitrogens with zero attached hydrogens (tertiary/aromatic N) is 1. The van der Waals surface area contributed by atoms with E-state index in [1.807, 2.05) is 4.90 Å². The molecule has 0 spiro atoms. The number of amides is 1. The SMILES string of the molecule is NC(=S)C1(C(=O)N2CCC(O)CC2)CCCCC1. The monoisotopic (exact) mass is 270 g/mol. The minimum Gasteiger partial charge on any atom is -0.393 e. The molecule has 1 saturated carbocycles.